The van der Waals surface area contributed by atoms with E-state index in [0.717, 1.165) is 42.4 Å². The second-order valence-corrected chi connectivity index (χ2v) is 6.47. The first-order valence-electron chi connectivity index (χ1n) is 7.88. The van der Waals surface area contributed by atoms with E-state index in [-0.39, 0.29) is 13.2 Å². The Morgan fingerprint density at radius 1 is 1.39 bits per heavy atom. The Kier molecular flexibility index (Phi) is 5.30. The standard InChI is InChI=1S/C16H22N4O2S/c1-12-11-23-16(18-12)20-6-4-13(5-7-20)19-14-2-3-15(17-10-14)22-9-8-21/h2-3,10-11,13,19,21H,4-9H2,1H3. The van der Waals surface area contributed by atoms with Crippen molar-refractivity contribution >= 4 is 22.2 Å². The lowest BCUT2D eigenvalue weighted by atomic mass is 10.1. The molecule has 3 rings (SSSR count). The number of piperidine rings is 1. The fourth-order valence-electron chi connectivity index (χ4n) is 2.64. The minimum Gasteiger partial charge on any atom is -0.475 e. The predicted molar refractivity (Wildman–Crippen MR) is 92.5 cm³/mol. The number of aliphatic hydroxyl groups is 1. The molecule has 1 fully saturated rings. The normalized spacial score (nSPS) is 15.7. The molecule has 124 valence electrons. The van der Waals surface area contributed by atoms with Crippen molar-refractivity contribution in [1.82, 2.24) is 9.97 Å². The third kappa shape index (κ3) is 4.33. The molecule has 0 bridgehead atoms. The van der Waals surface area contributed by atoms with Gasteiger partial charge in [0.05, 0.1) is 24.2 Å². The Labute approximate surface area is 140 Å². The highest BCUT2D eigenvalue weighted by atomic mass is 32.1. The maximum absolute atomic E-state index is 8.73. The lowest BCUT2D eigenvalue weighted by Crippen LogP contribution is -2.39. The van der Waals surface area contributed by atoms with Gasteiger partial charge in [-0.05, 0) is 25.8 Å². The number of thiazole rings is 1. The molecule has 2 aromatic heterocycles. The van der Waals surface area contributed by atoms with Gasteiger partial charge in [-0.3, -0.25) is 0 Å². The topological polar surface area (TPSA) is 70.5 Å². The van der Waals surface area contributed by atoms with Crippen LogP contribution >= 0.6 is 11.3 Å². The van der Waals surface area contributed by atoms with Crippen LogP contribution in [0.15, 0.2) is 23.7 Å². The van der Waals surface area contributed by atoms with Crippen LogP contribution in [0.1, 0.15) is 18.5 Å². The van der Waals surface area contributed by atoms with Crippen LogP contribution in [0.25, 0.3) is 0 Å². The van der Waals surface area contributed by atoms with Crippen molar-refractivity contribution in [3.8, 4) is 5.88 Å². The molecule has 1 aliphatic rings. The number of anilines is 2. The summed E-state index contributed by atoms with van der Waals surface area (Å²) >= 11 is 1.72. The molecule has 6 nitrogen and oxygen atoms in total. The van der Waals surface area contributed by atoms with Crippen molar-refractivity contribution in [3.63, 3.8) is 0 Å². The summed E-state index contributed by atoms with van der Waals surface area (Å²) in [6.45, 7) is 4.36. The molecule has 0 aromatic carbocycles. The lowest BCUT2D eigenvalue weighted by molar-refractivity contribution is 0.196. The molecule has 0 amide bonds. The summed E-state index contributed by atoms with van der Waals surface area (Å²) in [5.74, 6) is 0.540. The van der Waals surface area contributed by atoms with Crippen LogP contribution in [0.5, 0.6) is 5.88 Å². The molecule has 0 atom stereocenters. The van der Waals surface area contributed by atoms with Crippen LogP contribution in [-0.4, -0.2) is 47.4 Å². The first kappa shape index (κ1) is 16.0. The summed E-state index contributed by atoms with van der Waals surface area (Å²) in [5.41, 5.74) is 2.10. The van der Waals surface area contributed by atoms with Gasteiger partial charge in [0.1, 0.15) is 6.61 Å². The van der Waals surface area contributed by atoms with Crippen LogP contribution in [0.4, 0.5) is 10.8 Å². The number of aromatic nitrogens is 2. The number of rotatable bonds is 6. The highest BCUT2D eigenvalue weighted by Gasteiger charge is 2.21. The zero-order valence-electron chi connectivity index (χ0n) is 13.2. The number of pyridine rings is 1. The van der Waals surface area contributed by atoms with Gasteiger partial charge in [0.25, 0.3) is 0 Å². The van der Waals surface area contributed by atoms with Crippen molar-refractivity contribution in [2.75, 3.05) is 36.5 Å². The number of hydrogen-bond donors (Lipinski definition) is 2. The predicted octanol–water partition coefficient (Wildman–Crippen LogP) is 2.30. The molecule has 23 heavy (non-hydrogen) atoms. The van der Waals surface area contributed by atoms with Crippen LogP contribution in [0.2, 0.25) is 0 Å². The first-order chi connectivity index (χ1) is 11.2. The van der Waals surface area contributed by atoms with Crippen LogP contribution in [0.3, 0.4) is 0 Å². The molecular weight excluding hydrogens is 312 g/mol. The van der Waals surface area contributed by atoms with Crippen molar-refractivity contribution in [1.29, 1.82) is 0 Å². The minimum absolute atomic E-state index is 0.00111. The molecule has 2 N–H and O–H groups in total. The number of aryl methyl sites for hydroxylation is 1. The van der Waals surface area contributed by atoms with Crippen LogP contribution < -0.4 is 15.0 Å². The van der Waals surface area contributed by atoms with Gasteiger partial charge >= 0.3 is 0 Å². The van der Waals surface area contributed by atoms with E-state index in [1.165, 1.54) is 0 Å². The van der Waals surface area contributed by atoms with E-state index in [2.05, 4.69) is 25.6 Å². The maximum Gasteiger partial charge on any atom is 0.213 e. The lowest BCUT2D eigenvalue weighted by Gasteiger charge is -2.32. The summed E-state index contributed by atoms with van der Waals surface area (Å²) in [4.78, 5) is 11.2. The smallest absolute Gasteiger partial charge is 0.213 e. The van der Waals surface area contributed by atoms with Crippen molar-refractivity contribution < 1.29 is 9.84 Å². The quantitative estimate of drug-likeness (QED) is 0.845. The largest absolute Gasteiger partial charge is 0.475 e. The summed E-state index contributed by atoms with van der Waals surface area (Å²) in [7, 11) is 0. The second-order valence-electron chi connectivity index (χ2n) is 5.63. The van der Waals surface area contributed by atoms with Gasteiger partial charge in [0.15, 0.2) is 5.13 Å². The number of hydrogen-bond acceptors (Lipinski definition) is 7. The van der Waals surface area contributed by atoms with Gasteiger partial charge in [-0.25, -0.2) is 9.97 Å². The maximum atomic E-state index is 8.73. The second kappa shape index (κ2) is 7.61. The molecule has 7 heteroatoms. The molecule has 0 unspecified atom stereocenters. The minimum atomic E-state index is -0.00111. The van der Waals surface area contributed by atoms with Crippen LogP contribution in [0, 0.1) is 6.92 Å². The van der Waals surface area contributed by atoms with Crippen molar-refractivity contribution in [2.45, 2.75) is 25.8 Å². The zero-order valence-corrected chi connectivity index (χ0v) is 14.1. The Bertz CT molecular complexity index is 609. The van der Waals surface area contributed by atoms with E-state index in [1.807, 2.05) is 19.1 Å². The molecule has 3 heterocycles. The van der Waals surface area contributed by atoms with Gasteiger partial charge in [-0.1, -0.05) is 0 Å². The van der Waals surface area contributed by atoms with Gasteiger partial charge in [0, 0.05) is 30.6 Å². The number of nitrogens with zero attached hydrogens (tertiary/aromatic N) is 3. The van der Waals surface area contributed by atoms with E-state index >= 15 is 0 Å². The fourth-order valence-corrected chi connectivity index (χ4v) is 3.50. The molecule has 0 radical (unpaired) electrons. The fraction of sp³-hybridized carbons (Fsp3) is 0.500. The van der Waals surface area contributed by atoms with Crippen LogP contribution in [-0.2, 0) is 0 Å². The average Bonchev–Trinajstić information content (AvgIpc) is 3.01. The molecule has 0 saturated carbocycles. The third-order valence-electron chi connectivity index (χ3n) is 3.82. The molecular formula is C16H22N4O2S. The third-order valence-corrected chi connectivity index (χ3v) is 4.84. The Morgan fingerprint density at radius 3 is 2.83 bits per heavy atom. The SMILES string of the molecule is Cc1csc(N2CCC(Nc3ccc(OCCO)nc3)CC2)n1. The number of aliphatic hydroxyl groups excluding tert-OH is 1. The molecule has 1 aliphatic heterocycles. The molecule has 1 saturated heterocycles. The monoisotopic (exact) mass is 334 g/mol. The van der Waals surface area contributed by atoms with Gasteiger partial charge in [0.2, 0.25) is 5.88 Å². The summed E-state index contributed by atoms with van der Waals surface area (Å²) < 4.78 is 5.26. The summed E-state index contributed by atoms with van der Waals surface area (Å²) in [6, 6.07) is 4.25. The Morgan fingerprint density at radius 2 is 2.22 bits per heavy atom. The summed E-state index contributed by atoms with van der Waals surface area (Å²) in [6.07, 6.45) is 3.95. The van der Waals surface area contributed by atoms with Gasteiger partial charge < -0.3 is 20.1 Å². The van der Waals surface area contributed by atoms with E-state index in [4.69, 9.17) is 9.84 Å². The molecule has 0 spiro atoms. The van der Waals surface area contributed by atoms with Gasteiger partial charge in [-0.2, -0.15) is 0 Å². The van der Waals surface area contributed by atoms with E-state index in [1.54, 1.807) is 17.5 Å². The van der Waals surface area contributed by atoms with Crippen molar-refractivity contribution in [3.05, 3.63) is 29.4 Å². The van der Waals surface area contributed by atoms with E-state index < -0.39 is 0 Å². The molecule has 2 aromatic rings. The number of ether oxygens (including phenoxy) is 1. The summed E-state index contributed by atoms with van der Waals surface area (Å²) in [5, 5.41) is 15.5. The Balaban J connectivity index is 1.48. The van der Waals surface area contributed by atoms with E-state index in [0.29, 0.717) is 11.9 Å². The van der Waals surface area contributed by atoms with Gasteiger partial charge in [-0.15, -0.1) is 11.3 Å². The molecule has 0 aliphatic carbocycles. The average molecular weight is 334 g/mol. The van der Waals surface area contributed by atoms with Crippen molar-refractivity contribution in [2.24, 2.45) is 0 Å². The Hall–Kier alpha value is -1.86. The number of nitrogens with one attached hydrogen (secondary N) is 1. The highest BCUT2D eigenvalue weighted by molar-refractivity contribution is 7.13. The zero-order chi connectivity index (χ0) is 16.1. The first-order valence-corrected chi connectivity index (χ1v) is 8.76. The van der Waals surface area contributed by atoms with E-state index in [9.17, 15) is 0 Å². The highest BCUT2D eigenvalue weighted by Crippen LogP contribution is 2.25.